The highest BCUT2D eigenvalue weighted by atomic mass is 32.1. The maximum Gasteiger partial charge on any atom is 0.246 e. The van der Waals surface area contributed by atoms with Crippen molar-refractivity contribution in [2.45, 2.75) is 25.5 Å². The monoisotopic (exact) mass is 370 g/mol. The summed E-state index contributed by atoms with van der Waals surface area (Å²) in [5.74, 6) is 0.0309. The number of benzene rings is 1. The molecule has 0 bridgehead atoms. The quantitative estimate of drug-likeness (QED) is 0.690. The minimum absolute atomic E-state index is 0.0309. The highest BCUT2D eigenvalue weighted by Gasteiger charge is 2.21. The molecule has 0 radical (unpaired) electrons. The molecule has 2 heterocycles. The number of anilines is 1. The van der Waals surface area contributed by atoms with Gasteiger partial charge in [0.15, 0.2) is 0 Å². The van der Waals surface area contributed by atoms with Crippen molar-refractivity contribution >= 4 is 29.0 Å². The second kappa shape index (κ2) is 9.01. The summed E-state index contributed by atoms with van der Waals surface area (Å²) in [5.41, 5.74) is 3.35. The van der Waals surface area contributed by atoms with Crippen LogP contribution < -0.4 is 4.90 Å². The summed E-state index contributed by atoms with van der Waals surface area (Å²) < 4.78 is 5.75. The predicted molar refractivity (Wildman–Crippen MR) is 109 cm³/mol. The molecule has 1 fully saturated rings. The topological polar surface area (TPSA) is 32.8 Å². The van der Waals surface area contributed by atoms with Crippen LogP contribution >= 0.6 is 11.3 Å². The van der Waals surface area contributed by atoms with Crippen LogP contribution in [0.4, 0.5) is 5.69 Å². The lowest BCUT2D eigenvalue weighted by atomic mass is 10.1. The van der Waals surface area contributed by atoms with E-state index < -0.39 is 0 Å². The van der Waals surface area contributed by atoms with E-state index in [2.05, 4.69) is 29.2 Å². The van der Waals surface area contributed by atoms with E-state index in [1.165, 1.54) is 0 Å². The molecule has 0 saturated carbocycles. The van der Waals surface area contributed by atoms with Crippen molar-refractivity contribution in [3.05, 3.63) is 58.3 Å². The van der Waals surface area contributed by atoms with Crippen LogP contribution in [0.5, 0.6) is 0 Å². The minimum atomic E-state index is 0.0309. The smallest absolute Gasteiger partial charge is 0.246 e. The molecular weight excluding hydrogens is 344 g/mol. The number of amides is 1. The van der Waals surface area contributed by atoms with E-state index in [1.54, 1.807) is 17.4 Å². The first kappa shape index (κ1) is 18.7. The van der Waals surface area contributed by atoms with Gasteiger partial charge in [-0.25, -0.2) is 0 Å². The number of nitrogens with zero attached hydrogens (tertiary/aromatic N) is 2. The van der Waals surface area contributed by atoms with Crippen molar-refractivity contribution in [2.24, 2.45) is 0 Å². The average molecular weight is 371 g/mol. The molecule has 5 heteroatoms. The Hall–Kier alpha value is -2.11. The van der Waals surface area contributed by atoms with Crippen LogP contribution in [-0.2, 0) is 16.1 Å². The third-order valence-corrected chi connectivity index (χ3v) is 5.25. The summed E-state index contributed by atoms with van der Waals surface area (Å²) in [5, 5.41) is 4.05. The normalized spacial score (nSPS) is 16.9. The van der Waals surface area contributed by atoms with E-state index in [-0.39, 0.29) is 12.0 Å². The van der Waals surface area contributed by atoms with Gasteiger partial charge in [-0.15, -0.1) is 0 Å². The van der Waals surface area contributed by atoms with Gasteiger partial charge in [0.25, 0.3) is 0 Å². The van der Waals surface area contributed by atoms with Gasteiger partial charge < -0.3 is 14.5 Å². The third-order valence-electron chi connectivity index (χ3n) is 4.55. The number of ether oxygens (including phenoxy) is 1. The van der Waals surface area contributed by atoms with Gasteiger partial charge in [-0.05, 0) is 59.0 Å². The van der Waals surface area contributed by atoms with Crippen molar-refractivity contribution in [1.82, 2.24) is 4.90 Å². The lowest BCUT2D eigenvalue weighted by Gasteiger charge is -2.25. The minimum Gasteiger partial charge on any atom is -0.378 e. The highest BCUT2D eigenvalue weighted by Crippen LogP contribution is 2.18. The summed E-state index contributed by atoms with van der Waals surface area (Å²) in [7, 11) is 4.05. The van der Waals surface area contributed by atoms with Gasteiger partial charge in [0.1, 0.15) is 0 Å². The fraction of sp³-hybridized carbons (Fsp3) is 0.381. The van der Waals surface area contributed by atoms with Crippen molar-refractivity contribution in [3.8, 4) is 0 Å². The zero-order valence-electron chi connectivity index (χ0n) is 15.4. The number of thiophene rings is 1. The molecule has 0 unspecified atom stereocenters. The number of hydrogen-bond donors (Lipinski definition) is 0. The summed E-state index contributed by atoms with van der Waals surface area (Å²) >= 11 is 1.63. The van der Waals surface area contributed by atoms with Crippen LogP contribution in [0, 0.1) is 0 Å². The summed E-state index contributed by atoms with van der Waals surface area (Å²) in [6.45, 7) is 2.04. The van der Waals surface area contributed by atoms with Crippen LogP contribution in [0.25, 0.3) is 6.08 Å². The number of carbonyl (C=O) groups is 1. The molecule has 0 aliphatic carbocycles. The second-order valence-electron chi connectivity index (χ2n) is 6.80. The molecule has 1 amide bonds. The molecular formula is C21H26N2O2S. The summed E-state index contributed by atoms with van der Waals surface area (Å²) in [4.78, 5) is 16.7. The Morgan fingerprint density at radius 3 is 2.69 bits per heavy atom. The molecule has 1 aliphatic heterocycles. The molecule has 1 atom stereocenters. The van der Waals surface area contributed by atoms with Gasteiger partial charge in [0.05, 0.1) is 6.10 Å². The third kappa shape index (κ3) is 5.19. The molecule has 1 saturated heterocycles. The van der Waals surface area contributed by atoms with E-state index in [0.717, 1.165) is 36.3 Å². The molecule has 3 rings (SSSR count). The fourth-order valence-corrected chi connectivity index (χ4v) is 3.66. The Morgan fingerprint density at radius 2 is 2.08 bits per heavy atom. The van der Waals surface area contributed by atoms with Gasteiger partial charge in [-0.1, -0.05) is 12.1 Å². The van der Waals surface area contributed by atoms with Crippen LogP contribution in [0.3, 0.4) is 0 Å². The number of carbonyl (C=O) groups excluding carboxylic acids is 1. The van der Waals surface area contributed by atoms with E-state index >= 15 is 0 Å². The van der Waals surface area contributed by atoms with Crippen molar-refractivity contribution in [3.63, 3.8) is 0 Å². The SMILES string of the molecule is CN(C)c1ccc(CN(C[C@@H]2CCCO2)C(=O)/C=C/c2ccsc2)cc1. The van der Waals surface area contributed by atoms with Gasteiger partial charge in [-0.3, -0.25) is 4.79 Å². The van der Waals surface area contributed by atoms with E-state index in [1.807, 2.05) is 41.9 Å². The molecule has 0 N–H and O–H groups in total. The summed E-state index contributed by atoms with van der Waals surface area (Å²) in [6, 6.07) is 10.4. The molecule has 2 aromatic rings. The Morgan fingerprint density at radius 1 is 1.27 bits per heavy atom. The standard InChI is InChI=1S/C21H26N2O2S/c1-22(2)19-8-5-17(6-9-19)14-23(15-20-4-3-12-25-20)21(24)10-7-18-11-13-26-16-18/h5-11,13,16,20H,3-4,12,14-15H2,1-2H3/b10-7+/t20-/m0/s1. The maximum absolute atomic E-state index is 12.8. The lowest BCUT2D eigenvalue weighted by Crippen LogP contribution is -2.35. The average Bonchev–Trinajstić information content (AvgIpc) is 3.33. The van der Waals surface area contributed by atoms with Gasteiger partial charge in [-0.2, -0.15) is 11.3 Å². The highest BCUT2D eigenvalue weighted by molar-refractivity contribution is 7.08. The molecule has 0 spiro atoms. The van der Waals surface area contributed by atoms with Gasteiger partial charge in [0, 0.05) is 45.6 Å². The number of rotatable bonds is 7. The first-order valence-electron chi connectivity index (χ1n) is 8.99. The zero-order valence-corrected chi connectivity index (χ0v) is 16.2. The second-order valence-corrected chi connectivity index (χ2v) is 7.58. The van der Waals surface area contributed by atoms with Crippen molar-refractivity contribution in [1.29, 1.82) is 0 Å². The van der Waals surface area contributed by atoms with Crippen molar-refractivity contribution < 1.29 is 9.53 Å². The largest absolute Gasteiger partial charge is 0.378 e. The lowest BCUT2D eigenvalue weighted by molar-refractivity contribution is -0.128. The Kier molecular flexibility index (Phi) is 6.47. The van der Waals surface area contributed by atoms with E-state index in [4.69, 9.17) is 4.74 Å². The maximum atomic E-state index is 12.8. The Balaban J connectivity index is 1.70. The van der Waals surface area contributed by atoms with Crippen LogP contribution in [-0.4, -0.2) is 44.2 Å². The fourth-order valence-electron chi connectivity index (χ4n) is 3.03. The summed E-state index contributed by atoms with van der Waals surface area (Å²) in [6.07, 6.45) is 5.81. The first-order valence-corrected chi connectivity index (χ1v) is 9.93. The molecule has 26 heavy (non-hydrogen) atoms. The zero-order chi connectivity index (χ0) is 18.4. The van der Waals surface area contributed by atoms with Crippen molar-refractivity contribution in [2.75, 3.05) is 32.1 Å². The molecule has 1 aliphatic rings. The van der Waals surface area contributed by atoms with E-state index in [0.29, 0.717) is 13.1 Å². The van der Waals surface area contributed by atoms with Crippen LogP contribution in [0.2, 0.25) is 0 Å². The van der Waals surface area contributed by atoms with Gasteiger partial charge in [0.2, 0.25) is 5.91 Å². The predicted octanol–water partition coefficient (Wildman–Crippen LogP) is 4.04. The molecule has 1 aromatic heterocycles. The van der Waals surface area contributed by atoms with Gasteiger partial charge >= 0.3 is 0 Å². The number of hydrogen-bond acceptors (Lipinski definition) is 4. The molecule has 138 valence electrons. The molecule has 1 aromatic carbocycles. The van der Waals surface area contributed by atoms with Crippen LogP contribution in [0.15, 0.2) is 47.2 Å². The molecule has 4 nitrogen and oxygen atoms in total. The first-order chi connectivity index (χ1) is 12.6. The Labute approximate surface area is 159 Å². The van der Waals surface area contributed by atoms with E-state index in [9.17, 15) is 4.79 Å². The van der Waals surface area contributed by atoms with Crippen LogP contribution in [0.1, 0.15) is 24.0 Å². The Bertz CT molecular complexity index is 717.